The van der Waals surface area contributed by atoms with Crippen molar-refractivity contribution in [3.8, 4) is 0 Å². The van der Waals surface area contributed by atoms with E-state index in [1.165, 1.54) is 6.07 Å². The van der Waals surface area contributed by atoms with Crippen LogP contribution in [0.3, 0.4) is 0 Å². The van der Waals surface area contributed by atoms with Gasteiger partial charge in [0.25, 0.3) is 0 Å². The number of rotatable bonds is 9. The van der Waals surface area contributed by atoms with Crippen molar-refractivity contribution in [3.63, 3.8) is 0 Å². The maximum Gasteiger partial charge on any atom is 0.425 e. The maximum atomic E-state index is 13.2. The summed E-state index contributed by atoms with van der Waals surface area (Å²) in [6.45, 7) is -0.829. The number of nitrogens with zero attached hydrogens (tertiary/aromatic N) is 3. The number of nitrogens with one attached hydrogen (secondary N) is 2. The topological polar surface area (TPSA) is 192 Å². The van der Waals surface area contributed by atoms with E-state index in [1.807, 2.05) is 0 Å². The molecule has 3 rings (SSSR count). The average Bonchev–Trinajstić information content (AvgIpc) is 3.39. The molecule has 0 bridgehead atoms. The number of carbonyl (C=O) groups excluding carboxylic acids is 6. The summed E-state index contributed by atoms with van der Waals surface area (Å²) in [5.41, 5.74) is 2.19. The molecule has 37 heavy (non-hydrogen) atoms. The average molecular weight is 540 g/mol. The summed E-state index contributed by atoms with van der Waals surface area (Å²) in [5, 5.41) is 16.0. The number of esters is 1. The van der Waals surface area contributed by atoms with Crippen molar-refractivity contribution < 1.29 is 48.1 Å². The first-order valence-corrected chi connectivity index (χ1v) is 12.0. The van der Waals surface area contributed by atoms with E-state index in [9.17, 15) is 38.7 Å². The van der Waals surface area contributed by atoms with Crippen LogP contribution < -0.4 is 10.7 Å². The predicted molar refractivity (Wildman–Crippen MR) is 123 cm³/mol. The Labute approximate surface area is 214 Å². The van der Waals surface area contributed by atoms with Crippen molar-refractivity contribution in [2.75, 3.05) is 26.8 Å². The van der Waals surface area contributed by atoms with Crippen LogP contribution in [-0.4, -0.2) is 101 Å². The summed E-state index contributed by atoms with van der Waals surface area (Å²) in [5.74, 6) is -4.42. The number of hydrogen-bond acceptors (Lipinski definition) is 10. The second-order valence-electron chi connectivity index (χ2n) is 7.99. The largest absolute Gasteiger partial charge is 0.481 e. The highest BCUT2D eigenvalue weighted by Crippen LogP contribution is 2.24. The molecule has 2 saturated heterocycles. The summed E-state index contributed by atoms with van der Waals surface area (Å²) in [6.07, 6.45) is -1.48. The number of fused-ring (bicyclic) bond motifs is 1. The summed E-state index contributed by atoms with van der Waals surface area (Å²) in [6, 6.07) is -0.648. The van der Waals surface area contributed by atoms with E-state index in [1.54, 1.807) is 11.4 Å². The number of hydrazine groups is 2. The molecule has 0 spiro atoms. The van der Waals surface area contributed by atoms with Crippen LogP contribution in [0.2, 0.25) is 0 Å². The lowest BCUT2D eigenvalue weighted by Gasteiger charge is -2.42. The van der Waals surface area contributed by atoms with Crippen LogP contribution in [0.1, 0.15) is 35.4 Å². The molecule has 5 amide bonds. The van der Waals surface area contributed by atoms with Gasteiger partial charge in [-0.2, -0.15) is 0 Å². The molecule has 2 aliphatic rings. The Morgan fingerprint density at radius 1 is 1.22 bits per heavy atom. The Hall–Kier alpha value is -4.21. The second kappa shape index (κ2) is 12.2. The Bertz CT molecular complexity index is 1080. The van der Waals surface area contributed by atoms with Gasteiger partial charge in [0.15, 0.2) is 12.4 Å². The number of carbonyl (C=O) groups is 7. The molecule has 0 saturated carbocycles. The molecule has 200 valence electrons. The Morgan fingerprint density at radius 3 is 2.62 bits per heavy atom. The number of Topliss-reactive ketones (excluding diaryl/α,β-unsaturated/α-hetero) is 1. The zero-order valence-corrected chi connectivity index (χ0v) is 20.5. The smallest absolute Gasteiger partial charge is 0.425 e. The van der Waals surface area contributed by atoms with Crippen LogP contribution in [0, 0.1) is 0 Å². The van der Waals surface area contributed by atoms with Crippen LogP contribution in [-0.2, 0) is 28.7 Å². The summed E-state index contributed by atoms with van der Waals surface area (Å²) in [7, 11) is 1.09. The molecule has 0 radical (unpaired) electrons. The molecule has 16 heteroatoms. The van der Waals surface area contributed by atoms with Gasteiger partial charge in [0, 0.05) is 13.0 Å². The van der Waals surface area contributed by atoms with E-state index >= 15 is 0 Å². The van der Waals surface area contributed by atoms with Crippen LogP contribution in [0.4, 0.5) is 9.59 Å². The summed E-state index contributed by atoms with van der Waals surface area (Å²) in [4.78, 5) is 86.9. The lowest BCUT2D eigenvalue weighted by molar-refractivity contribution is -0.155. The number of ether oxygens (including phenoxy) is 2. The monoisotopic (exact) mass is 539 g/mol. The third kappa shape index (κ3) is 6.72. The first kappa shape index (κ1) is 27.4. The minimum atomic E-state index is -1.57. The molecule has 3 N–H and O–H groups in total. The molecule has 1 aromatic heterocycles. The number of hydrogen-bond donors (Lipinski definition) is 3. The summed E-state index contributed by atoms with van der Waals surface area (Å²) < 4.78 is 9.42. The minimum Gasteiger partial charge on any atom is -0.481 e. The Morgan fingerprint density at radius 2 is 1.97 bits per heavy atom. The van der Waals surface area contributed by atoms with Crippen molar-refractivity contribution >= 4 is 53.0 Å². The number of methoxy groups -OCH3 is 1. The van der Waals surface area contributed by atoms with E-state index < -0.39 is 66.8 Å². The van der Waals surface area contributed by atoms with E-state index in [-0.39, 0.29) is 30.8 Å². The molecule has 1 aromatic rings. The predicted octanol–water partition coefficient (Wildman–Crippen LogP) is -0.262. The van der Waals surface area contributed by atoms with Gasteiger partial charge < -0.3 is 19.9 Å². The number of thiophene rings is 1. The third-order valence-electron chi connectivity index (χ3n) is 5.53. The molecule has 3 heterocycles. The normalized spacial score (nSPS) is 18.3. The van der Waals surface area contributed by atoms with Gasteiger partial charge in [0.05, 0.1) is 20.1 Å². The zero-order chi connectivity index (χ0) is 27.1. The zero-order valence-electron chi connectivity index (χ0n) is 19.7. The second-order valence-corrected chi connectivity index (χ2v) is 8.93. The molecule has 2 aliphatic heterocycles. The highest BCUT2D eigenvalue weighted by Gasteiger charge is 2.44. The maximum absolute atomic E-state index is 13.2. The van der Waals surface area contributed by atoms with E-state index in [0.717, 1.165) is 33.5 Å². The SMILES string of the molecule is COC(=O)NN1CCC(=O)N2CCC[C@@H](C(=O)N[C@@H](CC(=O)O)C(=O)COC(=O)c3cccs3)N2C1=O. The lowest BCUT2D eigenvalue weighted by atomic mass is 10.0. The van der Waals surface area contributed by atoms with Crippen LogP contribution in [0.25, 0.3) is 0 Å². The quantitative estimate of drug-likeness (QED) is 0.352. The molecular weight excluding hydrogens is 514 g/mol. The van der Waals surface area contributed by atoms with E-state index in [2.05, 4.69) is 15.5 Å². The molecule has 2 atom stereocenters. The number of aliphatic carboxylic acids is 1. The fourth-order valence-electron chi connectivity index (χ4n) is 3.76. The van der Waals surface area contributed by atoms with Gasteiger partial charge in [-0.15, -0.1) is 11.3 Å². The van der Waals surface area contributed by atoms with Gasteiger partial charge in [-0.3, -0.25) is 19.2 Å². The molecular formula is C21H25N5O10S. The first-order valence-electron chi connectivity index (χ1n) is 11.1. The van der Waals surface area contributed by atoms with Crippen LogP contribution >= 0.6 is 11.3 Å². The van der Waals surface area contributed by atoms with E-state index in [4.69, 9.17) is 4.74 Å². The first-order chi connectivity index (χ1) is 17.6. The molecule has 15 nitrogen and oxygen atoms in total. The van der Waals surface area contributed by atoms with Gasteiger partial charge in [-0.1, -0.05) is 6.07 Å². The van der Waals surface area contributed by atoms with Crippen molar-refractivity contribution in [2.24, 2.45) is 0 Å². The molecule has 2 fully saturated rings. The number of carboxylic acids is 1. The highest BCUT2D eigenvalue weighted by atomic mass is 32.1. The fraction of sp³-hybridized carbons (Fsp3) is 0.476. The van der Waals surface area contributed by atoms with Gasteiger partial charge >= 0.3 is 24.1 Å². The number of urea groups is 1. The standard InChI is InChI=1S/C21H25N5O10S/c1-35-20(33)23-24-8-6-16(28)25-7-2-4-13(26(25)21(24)34)18(31)22-12(10-17(29)30)14(27)11-36-19(32)15-5-3-9-37-15/h3,5,9,12-13H,2,4,6-8,10-11H2,1H3,(H,22,31)(H,23,33)(H,29,30)/t12-,13-/m0/s1. The number of amides is 5. The van der Waals surface area contributed by atoms with Crippen molar-refractivity contribution in [1.82, 2.24) is 25.8 Å². The Kier molecular flexibility index (Phi) is 9.00. The van der Waals surface area contributed by atoms with Gasteiger partial charge in [0.2, 0.25) is 11.8 Å². The molecule has 0 unspecified atom stereocenters. The number of ketones is 1. The van der Waals surface area contributed by atoms with Gasteiger partial charge in [-0.05, 0) is 24.3 Å². The van der Waals surface area contributed by atoms with Crippen molar-refractivity contribution in [2.45, 2.75) is 37.8 Å². The Balaban J connectivity index is 1.75. The van der Waals surface area contributed by atoms with E-state index in [0.29, 0.717) is 6.42 Å². The highest BCUT2D eigenvalue weighted by molar-refractivity contribution is 7.11. The van der Waals surface area contributed by atoms with Crippen molar-refractivity contribution in [3.05, 3.63) is 22.4 Å². The van der Waals surface area contributed by atoms with Gasteiger partial charge in [0.1, 0.15) is 17.0 Å². The third-order valence-corrected chi connectivity index (χ3v) is 6.38. The number of carboxylic acid groups (broad SMARTS) is 1. The molecule has 0 aliphatic carbocycles. The lowest BCUT2D eigenvalue weighted by Crippen LogP contribution is -2.65. The van der Waals surface area contributed by atoms with Crippen molar-refractivity contribution in [1.29, 1.82) is 0 Å². The minimum absolute atomic E-state index is 0.0920. The van der Waals surface area contributed by atoms with Gasteiger partial charge in [-0.25, -0.2) is 34.8 Å². The van der Waals surface area contributed by atoms with Crippen LogP contribution in [0.15, 0.2) is 17.5 Å². The summed E-state index contributed by atoms with van der Waals surface area (Å²) >= 11 is 1.09. The van der Waals surface area contributed by atoms with Crippen LogP contribution in [0.5, 0.6) is 0 Å². The molecule has 0 aromatic carbocycles. The fourth-order valence-corrected chi connectivity index (χ4v) is 4.38.